The van der Waals surface area contributed by atoms with Gasteiger partial charge in [0, 0.05) is 15.5 Å². The van der Waals surface area contributed by atoms with Gasteiger partial charge in [0.1, 0.15) is 11.6 Å². The number of nitrogens with one attached hydrogen (secondary N) is 1. The van der Waals surface area contributed by atoms with Crippen LogP contribution in [0.4, 0.5) is 8.78 Å². The van der Waals surface area contributed by atoms with E-state index < -0.39 is 0 Å². The highest BCUT2D eigenvalue weighted by atomic mass is 79.9. The maximum atomic E-state index is 13.8. The Morgan fingerprint density at radius 3 is 2.60 bits per heavy atom. The summed E-state index contributed by atoms with van der Waals surface area (Å²) in [5.74, 6) is -0.647. The molecule has 2 aromatic carbocycles. The highest BCUT2D eigenvalue weighted by Gasteiger charge is 2.14. The van der Waals surface area contributed by atoms with Crippen molar-refractivity contribution in [1.82, 2.24) is 5.32 Å². The van der Waals surface area contributed by atoms with Gasteiger partial charge in [0.15, 0.2) is 0 Å². The molecule has 1 unspecified atom stereocenters. The SMILES string of the molecule is CNC(Cc1cc(Cl)ccc1F)c1cc(F)cc(Br)c1. The average Bonchev–Trinajstić information content (AvgIpc) is 2.38. The summed E-state index contributed by atoms with van der Waals surface area (Å²) >= 11 is 9.14. The van der Waals surface area contributed by atoms with Crippen LogP contribution in [0.5, 0.6) is 0 Å². The van der Waals surface area contributed by atoms with Gasteiger partial charge in [0.05, 0.1) is 0 Å². The summed E-state index contributed by atoms with van der Waals surface area (Å²) in [6, 6.07) is 8.88. The van der Waals surface area contributed by atoms with Crippen molar-refractivity contribution in [2.75, 3.05) is 7.05 Å². The molecule has 0 amide bonds. The molecule has 1 nitrogen and oxygen atoms in total. The first kappa shape index (κ1) is 15.4. The standard InChI is InChI=1S/C15H13BrClF2N/c1-20-15(10-4-11(16)8-13(18)6-10)7-9-5-12(17)2-3-14(9)19/h2-6,8,15,20H,7H2,1H3. The highest BCUT2D eigenvalue weighted by Crippen LogP contribution is 2.25. The fourth-order valence-corrected chi connectivity index (χ4v) is 2.76. The molecular weight excluding hydrogens is 348 g/mol. The topological polar surface area (TPSA) is 12.0 Å². The van der Waals surface area contributed by atoms with Gasteiger partial charge < -0.3 is 5.32 Å². The normalized spacial score (nSPS) is 12.4. The Morgan fingerprint density at radius 2 is 1.95 bits per heavy atom. The molecule has 0 saturated carbocycles. The zero-order valence-electron chi connectivity index (χ0n) is 10.8. The van der Waals surface area contributed by atoms with Crippen molar-refractivity contribution in [2.45, 2.75) is 12.5 Å². The summed E-state index contributed by atoms with van der Waals surface area (Å²) in [6.07, 6.45) is 0.388. The molecule has 0 heterocycles. The van der Waals surface area contributed by atoms with Gasteiger partial charge in [0.2, 0.25) is 0 Å². The molecule has 0 aliphatic rings. The fraction of sp³-hybridized carbons (Fsp3) is 0.200. The van der Waals surface area contributed by atoms with Gasteiger partial charge in [-0.1, -0.05) is 27.5 Å². The van der Waals surface area contributed by atoms with Crippen LogP contribution in [-0.4, -0.2) is 7.05 Å². The van der Waals surface area contributed by atoms with Crippen LogP contribution >= 0.6 is 27.5 Å². The smallest absolute Gasteiger partial charge is 0.126 e. The summed E-state index contributed by atoms with van der Waals surface area (Å²) in [5.41, 5.74) is 1.25. The Hall–Kier alpha value is -0.970. The van der Waals surface area contributed by atoms with Crippen LogP contribution in [0.1, 0.15) is 17.2 Å². The predicted molar refractivity (Wildman–Crippen MR) is 81.0 cm³/mol. The maximum Gasteiger partial charge on any atom is 0.126 e. The molecule has 0 fully saturated rings. The molecule has 5 heteroatoms. The molecule has 0 saturated heterocycles. The van der Waals surface area contributed by atoms with E-state index in [1.807, 2.05) is 6.07 Å². The van der Waals surface area contributed by atoms with E-state index in [-0.39, 0.29) is 17.7 Å². The van der Waals surface area contributed by atoms with E-state index in [1.54, 1.807) is 13.1 Å². The molecule has 0 radical (unpaired) electrons. The zero-order valence-corrected chi connectivity index (χ0v) is 13.1. The van der Waals surface area contributed by atoms with E-state index in [2.05, 4.69) is 21.2 Å². The Morgan fingerprint density at radius 1 is 1.20 bits per heavy atom. The van der Waals surface area contributed by atoms with Crippen molar-refractivity contribution in [3.8, 4) is 0 Å². The second-order valence-corrected chi connectivity index (χ2v) is 5.84. The average molecular weight is 361 g/mol. The molecule has 0 aromatic heterocycles. The van der Waals surface area contributed by atoms with Crippen LogP contribution in [0.2, 0.25) is 5.02 Å². The van der Waals surface area contributed by atoms with E-state index in [0.29, 0.717) is 21.5 Å². The Bertz CT molecular complexity index is 599. The molecule has 0 aliphatic carbocycles. The third-order valence-corrected chi connectivity index (χ3v) is 3.76. The minimum atomic E-state index is -0.332. The first-order chi connectivity index (χ1) is 9.49. The molecule has 2 rings (SSSR count). The maximum absolute atomic E-state index is 13.8. The third kappa shape index (κ3) is 3.78. The molecule has 0 aliphatic heterocycles. The van der Waals surface area contributed by atoms with Crippen LogP contribution in [0.3, 0.4) is 0 Å². The van der Waals surface area contributed by atoms with E-state index >= 15 is 0 Å². The lowest BCUT2D eigenvalue weighted by Crippen LogP contribution is -2.19. The first-order valence-electron chi connectivity index (χ1n) is 6.07. The van der Waals surface area contributed by atoms with Crippen LogP contribution in [0.15, 0.2) is 40.9 Å². The molecular formula is C15H13BrClF2N. The zero-order chi connectivity index (χ0) is 14.7. The fourth-order valence-electron chi connectivity index (χ4n) is 2.08. The summed E-state index contributed by atoms with van der Waals surface area (Å²) < 4.78 is 27.9. The number of benzene rings is 2. The second kappa shape index (κ2) is 6.66. The van der Waals surface area contributed by atoms with E-state index in [0.717, 1.165) is 5.56 Å². The van der Waals surface area contributed by atoms with Gasteiger partial charge in [-0.3, -0.25) is 0 Å². The van der Waals surface area contributed by atoms with Gasteiger partial charge in [-0.15, -0.1) is 0 Å². The van der Waals surface area contributed by atoms with E-state index in [4.69, 9.17) is 11.6 Å². The summed E-state index contributed by atoms with van der Waals surface area (Å²) in [6.45, 7) is 0. The minimum Gasteiger partial charge on any atom is -0.313 e. The Labute approximate surface area is 130 Å². The minimum absolute atomic E-state index is 0.199. The van der Waals surface area contributed by atoms with Crippen LogP contribution in [0, 0.1) is 11.6 Å². The number of halogens is 4. The summed E-state index contributed by atoms with van der Waals surface area (Å²) in [5, 5.41) is 3.55. The Balaban J connectivity index is 2.30. The van der Waals surface area contributed by atoms with Crippen LogP contribution < -0.4 is 5.32 Å². The second-order valence-electron chi connectivity index (χ2n) is 4.48. The monoisotopic (exact) mass is 359 g/mol. The molecule has 106 valence electrons. The lowest BCUT2D eigenvalue weighted by Gasteiger charge is -2.18. The van der Waals surface area contributed by atoms with Gasteiger partial charge in [-0.2, -0.15) is 0 Å². The van der Waals surface area contributed by atoms with Crippen molar-refractivity contribution in [3.05, 3.63) is 68.7 Å². The van der Waals surface area contributed by atoms with E-state index in [1.165, 1.54) is 24.3 Å². The number of hydrogen-bond acceptors (Lipinski definition) is 1. The lowest BCUT2D eigenvalue weighted by molar-refractivity contribution is 0.549. The number of rotatable bonds is 4. The van der Waals surface area contributed by atoms with Crippen molar-refractivity contribution in [1.29, 1.82) is 0 Å². The Kier molecular flexibility index (Phi) is 5.13. The van der Waals surface area contributed by atoms with Gasteiger partial charge in [-0.25, -0.2) is 8.78 Å². The summed E-state index contributed by atoms with van der Waals surface area (Å²) in [4.78, 5) is 0. The molecule has 0 bridgehead atoms. The van der Waals surface area contributed by atoms with Crippen molar-refractivity contribution >= 4 is 27.5 Å². The molecule has 20 heavy (non-hydrogen) atoms. The largest absolute Gasteiger partial charge is 0.313 e. The first-order valence-corrected chi connectivity index (χ1v) is 7.24. The van der Waals surface area contributed by atoms with Crippen molar-refractivity contribution in [3.63, 3.8) is 0 Å². The molecule has 0 spiro atoms. The van der Waals surface area contributed by atoms with Crippen LogP contribution in [0.25, 0.3) is 0 Å². The third-order valence-electron chi connectivity index (χ3n) is 3.07. The van der Waals surface area contributed by atoms with Gasteiger partial charge in [0.25, 0.3) is 0 Å². The van der Waals surface area contributed by atoms with Crippen molar-refractivity contribution < 1.29 is 8.78 Å². The predicted octanol–water partition coefficient (Wildman–Crippen LogP) is 4.88. The molecule has 2 aromatic rings. The van der Waals surface area contributed by atoms with Crippen LogP contribution in [-0.2, 0) is 6.42 Å². The van der Waals surface area contributed by atoms with Gasteiger partial charge >= 0.3 is 0 Å². The highest BCUT2D eigenvalue weighted by molar-refractivity contribution is 9.10. The van der Waals surface area contributed by atoms with Crippen molar-refractivity contribution in [2.24, 2.45) is 0 Å². The molecule has 1 atom stereocenters. The lowest BCUT2D eigenvalue weighted by atomic mass is 9.98. The van der Waals surface area contributed by atoms with E-state index in [9.17, 15) is 8.78 Å². The number of likely N-dealkylation sites (N-methyl/N-ethyl adjacent to an activating group) is 1. The molecule has 1 N–H and O–H groups in total. The number of hydrogen-bond donors (Lipinski definition) is 1. The summed E-state index contributed by atoms with van der Waals surface area (Å²) in [7, 11) is 1.76. The quantitative estimate of drug-likeness (QED) is 0.819. The van der Waals surface area contributed by atoms with Gasteiger partial charge in [-0.05, 0) is 61.0 Å².